The fraction of sp³-hybridized carbons (Fsp3) is 0.455. The van der Waals surface area contributed by atoms with E-state index in [0.717, 1.165) is 62.7 Å². The number of halogens is 3. The number of alkyl halides is 3. The Morgan fingerprint density at radius 1 is 1.00 bits per heavy atom. The van der Waals surface area contributed by atoms with Crippen LogP contribution >= 0.6 is 0 Å². The van der Waals surface area contributed by atoms with Crippen LogP contribution in [0.1, 0.15) is 23.7 Å². The zero-order chi connectivity index (χ0) is 20.9. The van der Waals surface area contributed by atoms with Gasteiger partial charge in [-0.25, -0.2) is 0 Å². The van der Waals surface area contributed by atoms with Gasteiger partial charge in [0.05, 0.1) is 18.8 Å². The van der Waals surface area contributed by atoms with Crippen LogP contribution in [-0.4, -0.2) is 51.8 Å². The fourth-order valence-electron chi connectivity index (χ4n) is 3.28. The Hall–Kier alpha value is -2.25. The Balaban J connectivity index is 1.74. The van der Waals surface area contributed by atoms with Crippen LogP contribution in [-0.2, 0) is 10.9 Å². The quantitative estimate of drug-likeness (QED) is 0.668. The highest BCUT2D eigenvalue weighted by Gasteiger charge is 2.30. The van der Waals surface area contributed by atoms with E-state index in [4.69, 9.17) is 9.47 Å². The summed E-state index contributed by atoms with van der Waals surface area (Å²) in [7, 11) is 3.97. The molecule has 0 spiro atoms. The van der Waals surface area contributed by atoms with Crippen molar-refractivity contribution in [1.29, 1.82) is 0 Å². The van der Waals surface area contributed by atoms with Crippen LogP contribution in [0.2, 0.25) is 0 Å². The molecule has 1 aliphatic heterocycles. The van der Waals surface area contributed by atoms with Crippen molar-refractivity contribution < 1.29 is 22.6 Å². The molecule has 1 heterocycles. The molecule has 1 fully saturated rings. The molecule has 29 heavy (non-hydrogen) atoms. The number of nitrogens with zero attached hydrogens (tertiary/aromatic N) is 2. The summed E-state index contributed by atoms with van der Waals surface area (Å²) >= 11 is 0. The molecule has 0 radical (unpaired) electrons. The van der Waals surface area contributed by atoms with Crippen LogP contribution in [0.15, 0.2) is 48.5 Å². The molecule has 158 valence electrons. The van der Waals surface area contributed by atoms with E-state index in [2.05, 4.69) is 21.9 Å². The molecular formula is C22H27F3N2O2. The molecule has 2 aromatic carbocycles. The van der Waals surface area contributed by atoms with Crippen LogP contribution in [0, 0.1) is 0 Å². The van der Waals surface area contributed by atoms with E-state index in [1.807, 2.05) is 26.2 Å². The van der Waals surface area contributed by atoms with Crippen LogP contribution < -0.4 is 9.64 Å². The average molecular weight is 408 g/mol. The van der Waals surface area contributed by atoms with Gasteiger partial charge in [0.15, 0.2) is 0 Å². The molecule has 1 aliphatic rings. The minimum Gasteiger partial charge on any atom is -0.486 e. The van der Waals surface area contributed by atoms with Crippen LogP contribution in [0.5, 0.6) is 5.75 Å². The highest BCUT2D eigenvalue weighted by atomic mass is 19.4. The van der Waals surface area contributed by atoms with Gasteiger partial charge in [-0.3, -0.25) is 0 Å². The van der Waals surface area contributed by atoms with E-state index in [0.29, 0.717) is 5.75 Å². The third kappa shape index (κ3) is 6.11. The van der Waals surface area contributed by atoms with Gasteiger partial charge >= 0.3 is 6.18 Å². The van der Waals surface area contributed by atoms with Gasteiger partial charge in [-0.15, -0.1) is 0 Å². The zero-order valence-electron chi connectivity index (χ0n) is 16.8. The molecule has 0 bridgehead atoms. The minimum atomic E-state index is -4.35. The molecule has 4 nitrogen and oxygen atoms in total. The molecule has 1 atom stereocenters. The standard InChI is InChI=1S/C22H27F3N2O2/c1-26(2)12-11-21(29-20-9-5-18(6-10-20)22(23,24)25)17-3-7-19(8-4-17)27-13-15-28-16-14-27/h3-10,21H,11-16H2,1-2H3. The summed E-state index contributed by atoms with van der Waals surface area (Å²) in [4.78, 5) is 4.34. The number of anilines is 1. The second-order valence-electron chi connectivity index (χ2n) is 7.41. The van der Waals surface area contributed by atoms with Gasteiger partial charge in [-0.1, -0.05) is 12.1 Å². The van der Waals surface area contributed by atoms with Gasteiger partial charge in [0.25, 0.3) is 0 Å². The second-order valence-corrected chi connectivity index (χ2v) is 7.41. The lowest BCUT2D eigenvalue weighted by atomic mass is 10.0. The smallest absolute Gasteiger partial charge is 0.416 e. The highest BCUT2D eigenvalue weighted by Crippen LogP contribution is 2.32. The van der Waals surface area contributed by atoms with Crippen molar-refractivity contribution in [3.63, 3.8) is 0 Å². The second kappa shape index (κ2) is 9.50. The highest BCUT2D eigenvalue weighted by molar-refractivity contribution is 5.48. The third-order valence-corrected chi connectivity index (χ3v) is 4.94. The summed E-state index contributed by atoms with van der Waals surface area (Å²) in [5, 5.41) is 0. The van der Waals surface area contributed by atoms with Crippen molar-refractivity contribution >= 4 is 5.69 Å². The summed E-state index contributed by atoms with van der Waals surface area (Å²) in [6, 6.07) is 13.1. The molecule has 7 heteroatoms. The molecule has 0 aromatic heterocycles. The predicted molar refractivity (Wildman–Crippen MR) is 107 cm³/mol. The molecule has 0 saturated carbocycles. The minimum absolute atomic E-state index is 0.243. The van der Waals surface area contributed by atoms with Crippen molar-refractivity contribution in [2.75, 3.05) is 51.8 Å². The summed E-state index contributed by atoms with van der Waals surface area (Å²) in [5.74, 6) is 0.430. The van der Waals surface area contributed by atoms with Crippen molar-refractivity contribution in [3.05, 3.63) is 59.7 Å². The molecule has 0 aliphatic carbocycles. The molecular weight excluding hydrogens is 381 g/mol. The zero-order valence-corrected chi connectivity index (χ0v) is 16.8. The number of ether oxygens (including phenoxy) is 2. The summed E-state index contributed by atoms with van der Waals surface area (Å²) in [6.45, 7) is 3.99. The average Bonchev–Trinajstić information content (AvgIpc) is 2.71. The third-order valence-electron chi connectivity index (χ3n) is 4.94. The molecule has 3 rings (SSSR count). The monoisotopic (exact) mass is 408 g/mol. The number of hydrogen-bond acceptors (Lipinski definition) is 4. The Labute approximate surface area is 169 Å². The molecule has 1 unspecified atom stereocenters. The molecule has 0 amide bonds. The van der Waals surface area contributed by atoms with Gasteiger partial charge in [-0.2, -0.15) is 13.2 Å². The fourth-order valence-corrected chi connectivity index (χ4v) is 3.28. The van der Waals surface area contributed by atoms with E-state index in [-0.39, 0.29) is 6.10 Å². The summed E-state index contributed by atoms with van der Waals surface area (Å²) < 4.78 is 49.8. The Morgan fingerprint density at radius 3 is 2.17 bits per heavy atom. The Morgan fingerprint density at radius 2 is 1.62 bits per heavy atom. The maximum absolute atomic E-state index is 12.8. The van der Waals surface area contributed by atoms with E-state index >= 15 is 0 Å². The van der Waals surface area contributed by atoms with Gasteiger partial charge in [0.1, 0.15) is 11.9 Å². The van der Waals surface area contributed by atoms with Crippen LogP contribution in [0.3, 0.4) is 0 Å². The maximum Gasteiger partial charge on any atom is 0.416 e. The summed E-state index contributed by atoms with van der Waals surface area (Å²) in [5.41, 5.74) is 1.46. The van der Waals surface area contributed by atoms with Crippen LogP contribution in [0.4, 0.5) is 18.9 Å². The lowest BCUT2D eigenvalue weighted by Crippen LogP contribution is -2.36. The predicted octanol–water partition coefficient (Wildman–Crippen LogP) is 4.61. The van der Waals surface area contributed by atoms with Gasteiger partial charge < -0.3 is 19.3 Å². The van der Waals surface area contributed by atoms with Crippen molar-refractivity contribution in [2.45, 2.75) is 18.7 Å². The van der Waals surface area contributed by atoms with E-state index in [1.54, 1.807) is 0 Å². The Bertz CT molecular complexity index is 755. The lowest BCUT2D eigenvalue weighted by molar-refractivity contribution is -0.137. The number of morpholine rings is 1. The van der Waals surface area contributed by atoms with E-state index in [9.17, 15) is 13.2 Å². The van der Waals surface area contributed by atoms with E-state index < -0.39 is 11.7 Å². The van der Waals surface area contributed by atoms with Gasteiger partial charge in [0, 0.05) is 31.7 Å². The first kappa shape index (κ1) is 21.5. The first-order chi connectivity index (χ1) is 13.8. The van der Waals surface area contributed by atoms with Crippen molar-refractivity contribution in [3.8, 4) is 5.75 Å². The number of rotatable bonds is 7. The maximum atomic E-state index is 12.8. The topological polar surface area (TPSA) is 24.9 Å². The molecule has 0 N–H and O–H groups in total. The summed E-state index contributed by atoms with van der Waals surface area (Å²) in [6.07, 6.45) is -3.86. The largest absolute Gasteiger partial charge is 0.486 e. The van der Waals surface area contributed by atoms with Crippen molar-refractivity contribution in [2.24, 2.45) is 0 Å². The number of hydrogen-bond donors (Lipinski definition) is 0. The molecule has 1 saturated heterocycles. The van der Waals surface area contributed by atoms with Crippen LogP contribution in [0.25, 0.3) is 0 Å². The van der Waals surface area contributed by atoms with Gasteiger partial charge in [0.2, 0.25) is 0 Å². The van der Waals surface area contributed by atoms with Gasteiger partial charge in [-0.05, 0) is 56.1 Å². The van der Waals surface area contributed by atoms with E-state index in [1.165, 1.54) is 12.1 Å². The first-order valence-corrected chi connectivity index (χ1v) is 9.74. The molecule has 2 aromatic rings. The van der Waals surface area contributed by atoms with Crippen molar-refractivity contribution in [1.82, 2.24) is 4.90 Å². The SMILES string of the molecule is CN(C)CCC(Oc1ccc(C(F)(F)F)cc1)c1ccc(N2CCOCC2)cc1. The Kier molecular flexibility index (Phi) is 7.03. The first-order valence-electron chi connectivity index (χ1n) is 9.74. The lowest BCUT2D eigenvalue weighted by Gasteiger charge is -2.29. The normalized spacial score (nSPS) is 16.1. The number of benzene rings is 2.